The highest BCUT2D eigenvalue weighted by atomic mass is 79.9. The molecule has 182 valence electrons. The van der Waals surface area contributed by atoms with Gasteiger partial charge in [0.25, 0.3) is 11.8 Å². The van der Waals surface area contributed by atoms with E-state index in [2.05, 4.69) is 31.8 Å². The first-order valence-electron chi connectivity index (χ1n) is 11.1. The summed E-state index contributed by atoms with van der Waals surface area (Å²) in [5.74, 6) is -0.294. The van der Waals surface area contributed by atoms with Crippen LogP contribution in [0.4, 0.5) is 0 Å². The van der Waals surface area contributed by atoms with Gasteiger partial charge in [0.15, 0.2) is 0 Å². The molecule has 6 nitrogen and oxygen atoms in total. The average Bonchev–Trinajstić information content (AvgIpc) is 2.83. The summed E-state index contributed by atoms with van der Waals surface area (Å²) in [4.78, 5) is 25.3. The maximum absolute atomic E-state index is 12.7. The maximum Gasteiger partial charge on any atom is 0.262 e. The van der Waals surface area contributed by atoms with Crippen molar-refractivity contribution in [2.75, 3.05) is 0 Å². The molecule has 0 aliphatic rings. The lowest BCUT2D eigenvalue weighted by atomic mass is 10.0. The van der Waals surface area contributed by atoms with Gasteiger partial charge in [-0.25, -0.2) is 5.43 Å². The summed E-state index contributed by atoms with van der Waals surface area (Å²) < 4.78 is 6.66. The van der Waals surface area contributed by atoms with Crippen LogP contribution < -0.4 is 15.5 Å². The predicted octanol–water partition coefficient (Wildman–Crippen LogP) is 5.89. The van der Waals surface area contributed by atoms with Gasteiger partial charge in [-0.15, -0.1) is 0 Å². The molecule has 35 heavy (non-hydrogen) atoms. The molecule has 2 amide bonds. The smallest absolute Gasteiger partial charge is 0.262 e. The summed E-state index contributed by atoms with van der Waals surface area (Å²) in [5, 5.41) is 7.11. The van der Waals surface area contributed by atoms with Crippen LogP contribution in [-0.2, 0) is 11.4 Å². The molecule has 1 atom stereocenters. The molecule has 0 radical (unpaired) electrons. The van der Waals surface area contributed by atoms with Crippen molar-refractivity contribution in [3.05, 3.63) is 98.5 Å². The third-order valence-electron chi connectivity index (χ3n) is 5.21. The fourth-order valence-corrected chi connectivity index (χ4v) is 3.93. The van der Waals surface area contributed by atoms with Crippen LogP contribution in [0.1, 0.15) is 40.9 Å². The zero-order valence-electron chi connectivity index (χ0n) is 19.7. The lowest BCUT2D eigenvalue weighted by Gasteiger charge is -2.20. The third kappa shape index (κ3) is 7.67. The molecule has 0 bridgehead atoms. The van der Waals surface area contributed by atoms with Crippen LogP contribution in [0, 0.1) is 12.8 Å². The van der Waals surface area contributed by atoms with Crippen molar-refractivity contribution >= 4 is 45.6 Å². The minimum Gasteiger partial charge on any atom is -0.488 e. The van der Waals surface area contributed by atoms with Crippen LogP contribution in [0.3, 0.4) is 0 Å². The Kier molecular flexibility index (Phi) is 9.46. The minimum atomic E-state index is -0.778. The molecule has 0 aliphatic carbocycles. The first-order chi connectivity index (χ1) is 16.7. The van der Waals surface area contributed by atoms with E-state index in [1.54, 1.807) is 24.3 Å². The molecule has 0 aromatic heterocycles. The first kappa shape index (κ1) is 26.4. The largest absolute Gasteiger partial charge is 0.488 e. The minimum absolute atomic E-state index is 0.157. The standard InChI is InChI=1S/C27H27BrClN3O3/c1-17(2)25(31-26(33)21-6-4-5-7-23(21)29)27(34)32-30-15-20-12-13-24(22(28)14-20)35-16-19-10-8-18(3)9-11-19/h4-15,17,25H,16H2,1-3H3,(H,31,33)(H,32,34)/b30-15+. The third-order valence-corrected chi connectivity index (χ3v) is 6.16. The lowest BCUT2D eigenvalue weighted by molar-refractivity contribution is -0.123. The topological polar surface area (TPSA) is 79.8 Å². The van der Waals surface area contributed by atoms with Crippen LogP contribution in [0.15, 0.2) is 76.3 Å². The van der Waals surface area contributed by atoms with E-state index >= 15 is 0 Å². The van der Waals surface area contributed by atoms with E-state index < -0.39 is 17.9 Å². The molecule has 1 unspecified atom stereocenters. The molecule has 0 fully saturated rings. The molecule has 0 heterocycles. The Morgan fingerprint density at radius 3 is 2.46 bits per heavy atom. The van der Waals surface area contributed by atoms with E-state index in [4.69, 9.17) is 16.3 Å². The number of hydrogen-bond donors (Lipinski definition) is 2. The van der Waals surface area contributed by atoms with Crippen molar-refractivity contribution in [3.63, 3.8) is 0 Å². The number of benzene rings is 3. The van der Waals surface area contributed by atoms with Gasteiger partial charge < -0.3 is 10.1 Å². The van der Waals surface area contributed by atoms with Gasteiger partial charge >= 0.3 is 0 Å². The summed E-state index contributed by atoms with van der Waals surface area (Å²) in [7, 11) is 0. The first-order valence-corrected chi connectivity index (χ1v) is 12.3. The summed E-state index contributed by atoms with van der Waals surface area (Å²) in [5.41, 5.74) is 5.86. The molecule has 0 spiro atoms. The monoisotopic (exact) mass is 555 g/mol. The fourth-order valence-electron chi connectivity index (χ4n) is 3.20. The van der Waals surface area contributed by atoms with Crippen LogP contribution >= 0.6 is 27.5 Å². The van der Waals surface area contributed by atoms with Crippen LogP contribution in [0.2, 0.25) is 5.02 Å². The number of hydrazone groups is 1. The molecule has 0 saturated heterocycles. The number of carbonyl (C=O) groups excluding carboxylic acids is 2. The molecule has 3 aromatic rings. The van der Waals surface area contributed by atoms with Crippen molar-refractivity contribution in [3.8, 4) is 5.75 Å². The molecule has 3 rings (SSSR count). The Morgan fingerprint density at radius 1 is 1.09 bits per heavy atom. The molecule has 8 heteroatoms. The molecular weight excluding hydrogens is 530 g/mol. The highest BCUT2D eigenvalue weighted by Crippen LogP contribution is 2.26. The lowest BCUT2D eigenvalue weighted by Crippen LogP contribution is -2.48. The fraction of sp³-hybridized carbons (Fsp3) is 0.222. The van der Waals surface area contributed by atoms with E-state index in [0.29, 0.717) is 22.9 Å². The van der Waals surface area contributed by atoms with Gasteiger partial charge in [0.2, 0.25) is 0 Å². The van der Waals surface area contributed by atoms with Crippen LogP contribution in [0.5, 0.6) is 5.75 Å². The Hall–Kier alpha value is -3.16. The van der Waals surface area contributed by atoms with Crippen molar-refractivity contribution in [2.24, 2.45) is 11.0 Å². The van der Waals surface area contributed by atoms with Gasteiger partial charge in [0.05, 0.1) is 21.3 Å². The summed E-state index contributed by atoms with van der Waals surface area (Å²) in [6.07, 6.45) is 1.53. The number of carbonyl (C=O) groups is 2. The van der Waals surface area contributed by atoms with E-state index in [0.717, 1.165) is 15.6 Å². The summed E-state index contributed by atoms with van der Waals surface area (Å²) in [6, 6.07) is 19.6. The number of hydrogen-bond acceptors (Lipinski definition) is 4. The second-order valence-corrected chi connectivity index (χ2v) is 9.63. The summed E-state index contributed by atoms with van der Waals surface area (Å²) in [6.45, 7) is 6.18. The summed E-state index contributed by atoms with van der Waals surface area (Å²) >= 11 is 9.61. The van der Waals surface area contributed by atoms with Crippen molar-refractivity contribution in [1.82, 2.24) is 10.7 Å². The van der Waals surface area contributed by atoms with Gasteiger partial charge in [-0.3, -0.25) is 9.59 Å². The number of halogens is 2. The normalized spacial score (nSPS) is 11.9. The highest BCUT2D eigenvalue weighted by Gasteiger charge is 2.25. The van der Waals surface area contributed by atoms with Gasteiger partial charge in [0.1, 0.15) is 18.4 Å². The maximum atomic E-state index is 12.7. The zero-order valence-corrected chi connectivity index (χ0v) is 22.1. The second kappa shape index (κ2) is 12.5. The van der Waals surface area contributed by atoms with Gasteiger partial charge in [-0.2, -0.15) is 5.10 Å². The number of nitrogens with one attached hydrogen (secondary N) is 2. The number of rotatable bonds is 9. The molecule has 0 saturated carbocycles. The Bertz CT molecular complexity index is 1210. The van der Waals surface area contributed by atoms with Gasteiger partial charge in [-0.05, 0) is 70.2 Å². The quantitative estimate of drug-likeness (QED) is 0.255. The van der Waals surface area contributed by atoms with Crippen LogP contribution in [0.25, 0.3) is 0 Å². The Labute approximate surface area is 218 Å². The van der Waals surface area contributed by atoms with Crippen molar-refractivity contribution in [1.29, 1.82) is 0 Å². The number of nitrogens with zero attached hydrogens (tertiary/aromatic N) is 1. The number of amides is 2. The average molecular weight is 557 g/mol. The predicted molar refractivity (Wildman–Crippen MR) is 143 cm³/mol. The number of aryl methyl sites for hydroxylation is 1. The van der Waals surface area contributed by atoms with Gasteiger partial charge in [0, 0.05) is 0 Å². The second-order valence-electron chi connectivity index (χ2n) is 8.37. The Balaban J connectivity index is 1.58. The molecular formula is C27H27BrClN3O3. The van der Waals surface area contributed by atoms with E-state index in [1.807, 2.05) is 63.2 Å². The molecule has 3 aromatic carbocycles. The number of ether oxygens (including phenoxy) is 1. The van der Waals surface area contributed by atoms with Crippen LogP contribution in [-0.4, -0.2) is 24.1 Å². The van der Waals surface area contributed by atoms with Crippen molar-refractivity contribution < 1.29 is 14.3 Å². The van der Waals surface area contributed by atoms with E-state index in [1.165, 1.54) is 11.8 Å². The SMILES string of the molecule is Cc1ccc(COc2ccc(/C=N/NC(=O)C(NC(=O)c3ccccc3Cl)C(C)C)cc2Br)cc1. The van der Waals surface area contributed by atoms with E-state index in [9.17, 15) is 9.59 Å². The highest BCUT2D eigenvalue weighted by molar-refractivity contribution is 9.10. The Morgan fingerprint density at radius 2 is 1.80 bits per heavy atom. The molecule has 2 N–H and O–H groups in total. The zero-order chi connectivity index (χ0) is 25.4. The molecule has 0 aliphatic heterocycles. The van der Waals surface area contributed by atoms with Gasteiger partial charge in [-0.1, -0.05) is 67.4 Å². The van der Waals surface area contributed by atoms with Crippen molar-refractivity contribution in [2.45, 2.75) is 33.4 Å². The van der Waals surface area contributed by atoms with E-state index in [-0.39, 0.29) is 5.92 Å².